The molecule has 14 heavy (non-hydrogen) atoms. The van der Waals surface area contributed by atoms with E-state index in [0.29, 0.717) is 3.72 Å². The van der Waals surface area contributed by atoms with Gasteiger partial charge in [0.1, 0.15) is 0 Å². The molecule has 2 aliphatic carbocycles. The third-order valence-corrected chi connectivity index (χ3v) is 4.88. The second kappa shape index (κ2) is 3.65. The molecule has 0 spiro atoms. The van der Waals surface area contributed by atoms with E-state index in [9.17, 15) is 0 Å². The first-order valence-electron chi connectivity index (χ1n) is 5.77. The zero-order valence-electron chi connectivity index (χ0n) is 9.54. The van der Waals surface area contributed by atoms with Gasteiger partial charge in [0.15, 0.2) is 0 Å². The Bertz CT molecular complexity index is 318. The summed E-state index contributed by atoms with van der Waals surface area (Å²) < 4.78 is 0.384. The van der Waals surface area contributed by atoms with Crippen LogP contribution in [0.25, 0.3) is 0 Å². The molecule has 0 bridgehead atoms. The zero-order chi connectivity index (χ0) is 10.3. The maximum absolute atomic E-state index is 2.42. The number of allylic oxidation sites excluding steroid dienone is 4. The Balaban J connectivity index is 2.48. The second-order valence-electron chi connectivity index (χ2n) is 4.75. The molecule has 0 aromatic carbocycles. The van der Waals surface area contributed by atoms with Crippen LogP contribution in [0.1, 0.15) is 52.9 Å². The third-order valence-electron chi connectivity index (χ3n) is 3.93. The molecule has 0 nitrogen and oxygen atoms in total. The summed E-state index contributed by atoms with van der Waals surface area (Å²) in [5.74, 6) is 0. The van der Waals surface area contributed by atoms with Gasteiger partial charge < -0.3 is 0 Å². The van der Waals surface area contributed by atoms with Crippen molar-refractivity contribution in [2.24, 2.45) is 0 Å². The van der Waals surface area contributed by atoms with E-state index in [-0.39, 0.29) is 0 Å². The quantitative estimate of drug-likeness (QED) is 0.580. The predicted octanol–water partition coefficient (Wildman–Crippen LogP) is 4.32. The molecule has 0 aromatic rings. The summed E-state index contributed by atoms with van der Waals surface area (Å²) in [6.45, 7) is 7.07. The number of hydrogen-bond acceptors (Lipinski definition) is 0. The second-order valence-corrected chi connectivity index (χ2v) is 6.31. The Kier molecular flexibility index (Phi) is 2.79. The van der Waals surface area contributed by atoms with Gasteiger partial charge in [-0.1, -0.05) is 0 Å². The molecule has 0 aromatic heterocycles. The van der Waals surface area contributed by atoms with Gasteiger partial charge in [-0.15, -0.1) is 0 Å². The van der Waals surface area contributed by atoms with Crippen molar-refractivity contribution < 1.29 is 20.4 Å². The molecule has 0 saturated heterocycles. The van der Waals surface area contributed by atoms with Crippen LogP contribution in [0.3, 0.4) is 0 Å². The monoisotopic (exact) mass is 223 g/mol. The van der Waals surface area contributed by atoms with Crippen molar-refractivity contribution in [2.45, 2.75) is 56.6 Å². The number of hydrogen-bond donors (Lipinski definition) is 0. The normalized spacial score (nSPS) is 32.4. The summed E-state index contributed by atoms with van der Waals surface area (Å²) in [4.78, 5) is 0. The molecule has 0 amide bonds. The van der Waals surface area contributed by atoms with Gasteiger partial charge in [0.05, 0.1) is 0 Å². The van der Waals surface area contributed by atoms with Gasteiger partial charge in [0, 0.05) is 0 Å². The van der Waals surface area contributed by atoms with Gasteiger partial charge in [-0.3, -0.25) is 0 Å². The third kappa shape index (κ3) is 1.39. The molecule has 0 saturated carbocycles. The molecule has 2 aliphatic rings. The van der Waals surface area contributed by atoms with Crippen molar-refractivity contribution in [1.82, 2.24) is 0 Å². The predicted molar refractivity (Wildman–Crippen MR) is 56.9 cm³/mol. The van der Waals surface area contributed by atoms with Gasteiger partial charge in [-0.2, -0.15) is 0 Å². The van der Waals surface area contributed by atoms with Crippen LogP contribution in [0, 0.1) is 0 Å². The Morgan fingerprint density at radius 1 is 1.29 bits per heavy atom. The SMILES string of the molecule is CCC1=C(C)C2=C(CCCC2)[C]1(C)[Ti]. The van der Waals surface area contributed by atoms with E-state index in [1.165, 1.54) is 32.1 Å². The molecule has 1 unspecified atom stereocenters. The van der Waals surface area contributed by atoms with E-state index in [2.05, 4.69) is 41.2 Å². The number of rotatable bonds is 1. The maximum atomic E-state index is 2.42. The Hall–Kier alpha value is 0.194. The Morgan fingerprint density at radius 2 is 1.93 bits per heavy atom. The van der Waals surface area contributed by atoms with Gasteiger partial charge >= 0.3 is 99.3 Å². The summed E-state index contributed by atoms with van der Waals surface area (Å²) in [5, 5.41) is 0. The Morgan fingerprint density at radius 3 is 2.50 bits per heavy atom. The first-order chi connectivity index (χ1) is 6.59. The van der Waals surface area contributed by atoms with E-state index in [4.69, 9.17) is 0 Å². The molecule has 1 atom stereocenters. The van der Waals surface area contributed by atoms with Crippen molar-refractivity contribution in [2.75, 3.05) is 0 Å². The van der Waals surface area contributed by atoms with Crippen LogP contribution < -0.4 is 0 Å². The minimum atomic E-state index is 0.384. The van der Waals surface area contributed by atoms with E-state index in [1.54, 1.807) is 22.3 Å². The average molecular weight is 223 g/mol. The standard InChI is InChI=1S/C13H19.Ti/c1-4-11-9(2)12-7-5-6-8-13(12)10(11)3;/h4-8H2,1-3H3;. The van der Waals surface area contributed by atoms with Crippen molar-refractivity contribution in [3.8, 4) is 0 Å². The molecule has 0 radical (unpaired) electrons. The molecular formula is C13H19Ti. The molecule has 75 valence electrons. The van der Waals surface area contributed by atoms with Crippen LogP contribution in [0.15, 0.2) is 22.3 Å². The first kappa shape index (κ1) is 10.7. The van der Waals surface area contributed by atoms with Crippen LogP contribution in [0.2, 0.25) is 3.72 Å². The first-order valence-corrected chi connectivity index (χ1v) is 6.55. The summed E-state index contributed by atoms with van der Waals surface area (Å²) in [5.41, 5.74) is 6.81. The van der Waals surface area contributed by atoms with Gasteiger partial charge in [0.25, 0.3) is 0 Å². The van der Waals surface area contributed by atoms with Crippen LogP contribution in [-0.4, -0.2) is 0 Å². The molecule has 2 rings (SSSR count). The van der Waals surface area contributed by atoms with Crippen molar-refractivity contribution in [3.63, 3.8) is 0 Å². The van der Waals surface area contributed by atoms with Crippen LogP contribution >= 0.6 is 0 Å². The fourth-order valence-electron chi connectivity index (χ4n) is 3.23. The van der Waals surface area contributed by atoms with Gasteiger partial charge in [-0.25, -0.2) is 0 Å². The topological polar surface area (TPSA) is 0 Å². The molecule has 1 heteroatoms. The molecular weight excluding hydrogens is 204 g/mol. The van der Waals surface area contributed by atoms with E-state index < -0.39 is 0 Å². The van der Waals surface area contributed by atoms with Crippen molar-refractivity contribution in [1.29, 1.82) is 0 Å². The zero-order valence-corrected chi connectivity index (χ0v) is 11.1. The summed E-state index contributed by atoms with van der Waals surface area (Å²) >= 11 is 2.42. The summed E-state index contributed by atoms with van der Waals surface area (Å²) in [7, 11) is 0. The van der Waals surface area contributed by atoms with Crippen LogP contribution in [0.4, 0.5) is 0 Å². The van der Waals surface area contributed by atoms with Crippen LogP contribution in [0.5, 0.6) is 0 Å². The average Bonchev–Trinajstić information content (AvgIpc) is 2.36. The molecule has 0 heterocycles. The van der Waals surface area contributed by atoms with Gasteiger partial charge in [-0.05, 0) is 0 Å². The van der Waals surface area contributed by atoms with Crippen LogP contribution in [-0.2, 0) is 20.4 Å². The minimum absolute atomic E-state index is 0.384. The van der Waals surface area contributed by atoms with Crippen molar-refractivity contribution in [3.05, 3.63) is 22.3 Å². The summed E-state index contributed by atoms with van der Waals surface area (Å²) in [6.07, 6.45) is 6.74. The molecule has 0 aliphatic heterocycles. The Labute approximate surface area is 99.3 Å². The fourth-order valence-corrected chi connectivity index (χ4v) is 4.23. The van der Waals surface area contributed by atoms with Crippen molar-refractivity contribution >= 4 is 0 Å². The summed E-state index contributed by atoms with van der Waals surface area (Å²) in [6, 6.07) is 0. The van der Waals surface area contributed by atoms with E-state index >= 15 is 0 Å². The van der Waals surface area contributed by atoms with E-state index in [0.717, 1.165) is 0 Å². The fraction of sp³-hybridized carbons (Fsp3) is 0.692. The van der Waals surface area contributed by atoms with Gasteiger partial charge in [0.2, 0.25) is 0 Å². The molecule has 0 fully saturated rings. The van der Waals surface area contributed by atoms with E-state index in [1.807, 2.05) is 0 Å². The molecule has 0 N–H and O–H groups in total.